The van der Waals surface area contributed by atoms with Crippen molar-refractivity contribution in [1.82, 2.24) is 9.78 Å². The minimum Gasteiger partial charge on any atom is -0.478 e. The molecule has 0 amide bonds. The van der Waals surface area contributed by atoms with Crippen molar-refractivity contribution in [2.24, 2.45) is 0 Å². The molecule has 152 valence electrons. The number of aryl methyl sites for hydroxylation is 3. The first-order valence-corrected chi connectivity index (χ1v) is 10.7. The average molecular weight is 418 g/mol. The van der Waals surface area contributed by atoms with Crippen LogP contribution in [0.4, 0.5) is 11.5 Å². The van der Waals surface area contributed by atoms with E-state index < -0.39 is 5.97 Å². The number of carboxylic acids is 1. The third-order valence-corrected chi connectivity index (χ3v) is 5.87. The van der Waals surface area contributed by atoms with Gasteiger partial charge in [0.05, 0.1) is 22.6 Å². The number of hydrogen-bond acceptors (Lipinski definition) is 4. The van der Waals surface area contributed by atoms with Gasteiger partial charge >= 0.3 is 5.97 Å². The number of nitrogens with zero attached hydrogens (tertiary/aromatic N) is 2. The predicted molar refractivity (Wildman–Crippen MR) is 122 cm³/mol. The van der Waals surface area contributed by atoms with Gasteiger partial charge < -0.3 is 10.4 Å². The highest BCUT2D eigenvalue weighted by Gasteiger charge is 2.21. The van der Waals surface area contributed by atoms with Crippen LogP contribution in [0.3, 0.4) is 0 Å². The van der Waals surface area contributed by atoms with E-state index in [-0.39, 0.29) is 5.56 Å². The summed E-state index contributed by atoms with van der Waals surface area (Å²) in [6.07, 6.45) is 0.779. The van der Waals surface area contributed by atoms with Gasteiger partial charge in [-0.25, -0.2) is 9.48 Å². The number of aromatic carboxylic acids is 1. The molecule has 2 aromatic carbocycles. The smallest absolute Gasteiger partial charge is 0.337 e. The average Bonchev–Trinajstić information content (AvgIpc) is 3.36. The third-order valence-electron chi connectivity index (χ3n) is 5.19. The summed E-state index contributed by atoms with van der Waals surface area (Å²) in [5.41, 5.74) is 6.72. The molecule has 0 aliphatic rings. The van der Waals surface area contributed by atoms with Crippen LogP contribution in [0.15, 0.2) is 59.3 Å². The molecular weight excluding hydrogens is 394 g/mol. The molecule has 0 aliphatic carbocycles. The number of rotatable bonds is 6. The van der Waals surface area contributed by atoms with Crippen molar-refractivity contribution < 1.29 is 9.90 Å². The SMILES string of the molecule is CCc1ccc(Nc2c(-c3ccsc3)c(C)nn2-c2ccccc2C)c(C(=O)O)c1. The molecule has 0 bridgehead atoms. The van der Waals surface area contributed by atoms with Gasteiger partial charge in [-0.15, -0.1) is 0 Å². The fraction of sp³-hybridized carbons (Fsp3) is 0.167. The topological polar surface area (TPSA) is 67.2 Å². The van der Waals surface area contributed by atoms with Gasteiger partial charge in [0.2, 0.25) is 0 Å². The Morgan fingerprint density at radius 2 is 1.97 bits per heavy atom. The number of hydrogen-bond donors (Lipinski definition) is 2. The summed E-state index contributed by atoms with van der Waals surface area (Å²) in [5, 5.41) is 22.1. The number of carbonyl (C=O) groups is 1. The summed E-state index contributed by atoms with van der Waals surface area (Å²) in [4.78, 5) is 11.9. The molecule has 30 heavy (non-hydrogen) atoms. The fourth-order valence-corrected chi connectivity index (χ4v) is 4.24. The quantitative estimate of drug-likeness (QED) is 0.391. The molecule has 2 heterocycles. The highest BCUT2D eigenvalue weighted by Crippen LogP contribution is 2.37. The summed E-state index contributed by atoms with van der Waals surface area (Å²) in [6.45, 7) is 6.03. The Morgan fingerprint density at radius 1 is 1.17 bits per heavy atom. The zero-order valence-electron chi connectivity index (χ0n) is 17.1. The van der Waals surface area contributed by atoms with E-state index >= 15 is 0 Å². The Hall–Kier alpha value is -3.38. The van der Waals surface area contributed by atoms with Gasteiger partial charge in [0.15, 0.2) is 0 Å². The molecule has 0 unspecified atom stereocenters. The van der Waals surface area contributed by atoms with Crippen LogP contribution in [0.5, 0.6) is 0 Å². The van der Waals surface area contributed by atoms with Crippen LogP contribution in [0.2, 0.25) is 0 Å². The van der Waals surface area contributed by atoms with Crippen LogP contribution >= 0.6 is 11.3 Å². The maximum absolute atomic E-state index is 11.9. The van der Waals surface area contributed by atoms with Crippen LogP contribution in [-0.2, 0) is 6.42 Å². The molecule has 0 saturated heterocycles. The number of carboxylic acid groups (broad SMARTS) is 1. The van der Waals surface area contributed by atoms with E-state index in [1.807, 2.05) is 67.2 Å². The molecule has 6 heteroatoms. The second-order valence-corrected chi connectivity index (χ2v) is 7.96. The van der Waals surface area contributed by atoms with Crippen LogP contribution in [-0.4, -0.2) is 20.9 Å². The first kappa shape index (κ1) is 19.9. The van der Waals surface area contributed by atoms with E-state index in [4.69, 9.17) is 5.10 Å². The van der Waals surface area contributed by atoms with Crippen molar-refractivity contribution in [3.8, 4) is 16.8 Å². The van der Waals surface area contributed by atoms with Gasteiger partial charge in [-0.1, -0.05) is 31.2 Å². The summed E-state index contributed by atoms with van der Waals surface area (Å²) in [5.74, 6) is -0.199. The van der Waals surface area contributed by atoms with E-state index in [0.29, 0.717) is 5.69 Å². The van der Waals surface area contributed by atoms with Crippen LogP contribution in [0.1, 0.15) is 34.1 Å². The molecule has 4 aromatic rings. The van der Waals surface area contributed by atoms with E-state index in [9.17, 15) is 9.90 Å². The molecule has 0 saturated carbocycles. The Bertz CT molecular complexity index is 1210. The largest absolute Gasteiger partial charge is 0.478 e. The Balaban J connectivity index is 1.93. The van der Waals surface area contributed by atoms with E-state index in [0.717, 1.165) is 45.9 Å². The monoisotopic (exact) mass is 417 g/mol. The fourth-order valence-electron chi connectivity index (χ4n) is 3.60. The van der Waals surface area contributed by atoms with E-state index in [2.05, 4.69) is 16.8 Å². The van der Waals surface area contributed by atoms with Crippen molar-refractivity contribution in [2.75, 3.05) is 5.32 Å². The Kier molecular flexibility index (Phi) is 5.42. The lowest BCUT2D eigenvalue weighted by molar-refractivity contribution is 0.0698. The van der Waals surface area contributed by atoms with Gasteiger partial charge in [-0.3, -0.25) is 0 Å². The standard InChI is InChI=1S/C24H23N3O2S/c1-4-17-9-10-20(19(13-17)24(28)29)25-23-22(18-11-12-30-14-18)16(3)26-27(23)21-8-6-5-7-15(21)2/h5-14,25H,4H2,1-3H3,(H,28,29). The van der Waals surface area contributed by atoms with Crippen molar-refractivity contribution in [1.29, 1.82) is 0 Å². The van der Waals surface area contributed by atoms with E-state index in [1.54, 1.807) is 17.4 Å². The van der Waals surface area contributed by atoms with Gasteiger partial charge in [0.25, 0.3) is 0 Å². The summed E-state index contributed by atoms with van der Waals surface area (Å²) >= 11 is 1.62. The van der Waals surface area contributed by atoms with Gasteiger partial charge in [-0.2, -0.15) is 16.4 Å². The lowest BCUT2D eigenvalue weighted by atomic mass is 10.1. The normalized spacial score (nSPS) is 10.9. The molecule has 4 rings (SSSR count). The highest BCUT2D eigenvalue weighted by molar-refractivity contribution is 7.08. The number of thiophene rings is 1. The van der Waals surface area contributed by atoms with E-state index in [1.165, 1.54) is 0 Å². The molecule has 5 nitrogen and oxygen atoms in total. The Morgan fingerprint density at radius 3 is 2.63 bits per heavy atom. The minimum atomic E-state index is -0.955. The molecule has 2 aromatic heterocycles. The molecule has 0 fully saturated rings. The molecule has 0 radical (unpaired) electrons. The third kappa shape index (κ3) is 3.62. The number of nitrogens with one attached hydrogen (secondary N) is 1. The predicted octanol–water partition coefficient (Wildman–Crippen LogP) is 6.22. The number of para-hydroxylation sites is 1. The lowest BCUT2D eigenvalue weighted by Gasteiger charge is -2.16. The first-order chi connectivity index (χ1) is 14.5. The molecule has 0 spiro atoms. The van der Waals surface area contributed by atoms with Gasteiger partial charge in [0, 0.05) is 5.56 Å². The Labute approximate surface area is 179 Å². The van der Waals surface area contributed by atoms with Gasteiger partial charge in [-0.05, 0) is 72.0 Å². The summed E-state index contributed by atoms with van der Waals surface area (Å²) in [6, 6.07) is 15.6. The van der Waals surface area contributed by atoms with Crippen molar-refractivity contribution in [3.05, 3.63) is 81.7 Å². The maximum Gasteiger partial charge on any atom is 0.337 e. The number of anilines is 2. The van der Waals surface area contributed by atoms with Crippen molar-refractivity contribution >= 4 is 28.8 Å². The van der Waals surface area contributed by atoms with Crippen molar-refractivity contribution in [2.45, 2.75) is 27.2 Å². The summed E-state index contributed by atoms with van der Waals surface area (Å²) in [7, 11) is 0. The van der Waals surface area contributed by atoms with Crippen LogP contribution in [0, 0.1) is 13.8 Å². The number of benzene rings is 2. The minimum absolute atomic E-state index is 0.251. The number of aromatic nitrogens is 2. The second-order valence-electron chi connectivity index (χ2n) is 7.18. The van der Waals surface area contributed by atoms with Crippen LogP contribution in [0.25, 0.3) is 16.8 Å². The lowest BCUT2D eigenvalue weighted by Crippen LogP contribution is -2.08. The molecule has 0 atom stereocenters. The first-order valence-electron chi connectivity index (χ1n) is 9.81. The summed E-state index contributed by atoms with van der Waals surface area (Å²) < 4.78 is 1.87. The molecular formula is C24H23N3O2S. The zero-order chi connectivity index (χ0) is 21.3. The second kappa shape index (κ2) is 8.16. The molecule has 0 aliphatic heterocycles. The van der Waals surface area contributed by atoms with Crippen LogP contribution < -0.4 is 5.32 Å². The van der Waals surface area contributed by atoms with Crippen molar-refractivity contribution in [3.63, 3.8) is 0 Å². The zero-order valence-corrected chi connectivity index (χ0v) is 18.0. The maximum atomic E-state index is 11.9. The molecule has 2 N–H and O–H groups in total. The van der Waals surface area contributed by atoms with Gasteiger partial charge in [0.1, 0.15) is 5.82 Å². The highest BCUT2D eigenvalue weighted by atomic mass is 32.1.